The molecular formula is C10H16N2O4. The second-order valence-electron chi connectivity index (χ2n) is 3.90. The molecular weight excluding hydrogens is 212 g/mol. The molecule has 6 nitrogen and oxygen atoms in total. The lowest BCUT2D eigenvalue weighted by atomic mass is 10.1. The van der Waals surface area contributed by atoms with Crippen molar-refractivity contribution >= 4 is 17.8 Å². The van der Waals surface area contributed by atoms with Gasteiger partial charge in [0.2, 0.25) is 11.8 Å². The summed E-state index contributed by atoms with van der Waals surface area (Å²) >= 11 is 0. The van der Waals surface area contributed by atoms with E-state index in [1.807, 2.05) is 0 Å². The standard InChI is InChI=1S/C10H16N2O4/c1-7(10(15)16)11-8(13)6-12-5-3-2-4-9(12)14/h7H,2-6H2,1H3,(H,11,13)(H,15,16). The van der Waals surface area contributed by atoms with Gasteiger partial charge in [-0.05, 0) is 19.8 Å². The van der Waals surface area contributed by atoms with E-state index in [2.05, 4.69) is 5.32 Å². The predicted octanol–water partition coefficient (Wildman–Crippen LogP) is -0.412. The number of piperidine rings is 1. The summed E-state index contributed by atoms with van der Waals surface area (Å²) < 4.78 is 0. The lowest BCUT2D eigenvalue weighted by Gasteiger charge is -2.26. The molecule has 1 heterocycles. The van der Waals surface area contributed by atoms with Crippen LogP contribution in [-0.2, 0) is 14.4 Å². The van der Waals surface area contributed by atoms with E-state index in [1.54, 1.807) is 0 Å². The first-order valence-electron chi connectivity index (χ1n) is 5.30. The monoisotopic (exact) mass is 228 g/mol. The molecule has 0 aromatic heterocycles. The molecule has 0 aromatic carbocycles. The average Bonchev–Trinajstić information content (AvgIpc) is 2.21. The molecule has 0 spiro atoms. The molecule has 6 heteroatoms. The highest BCUT2D eigenvalue weighted by Crippen LogP contribution is 2.09. The van der Waals surface area contributed by atoms with Crippen molar-refractivity contribution in [3.05, 3.63) is 0 Å². The molecule has 1 atom stereocenters. The van der Waals surface area contributed by atoms with Crippen molar-refractivity contribution in [3.8, 4) is 0 Å². The number of carboxylic acid groups (broad SMARTS) is 1. The van der Waals surface area contributed by atoms with Crippen LogP contribution >= 0.6 is 0 Å². The molecule has 0 aromatic rings. The van der Waals surface area contributed by atoms with E-state index >= 15 is 0 Å². The number of nitrogens with one attached hydrogen (secondary N) is 1. The predicted molar refractivity (Wildman–Crippen MR) is 55.7 cm³/mol. The summed E-state index contributed by atoms with van der Waals surface area (Å²) in [6.07, 6.45) is 2.23. The van der Waals surface area contributed by atoms with Crippen LogP contribution in [0.3, 0.4) is 0 Å². The summed E-state index contributed by atoms with van der Waals surface area (Å²) in [6, 6.07) is -0.924. The van der Waals surface area contributed by atoms with Crippen molar-refractivity contribution < 1.29 is 19.5 Å². The molecule has 1 unspecified atom stereocenters. The molecule has 90 valence electrons. The number of nitrogens with zero attached hydrogens (tertiary/aromatic N) is 1. The number of carbonyl (C=O) groups excluding carboxylic acids is 2. The Morgan fingerprint density at radius 3 is 2.75 bits per heavy atom. The summed E-state index contributed by atoms with van der Waals surface area (Å²) in [7, 11) is 0. The van der Waals surface area contributed by atoms with Crippen LogP contribution < -0.4 is 5.32 Å². The average molecular weight is 228 g/mol. The van der Waals surface area contributed by atoms with E-state index in [-0.39, 0.29) is 12.5 Å². The van der Waals surface area contributed by atoms with E-state index in [0.29, 0.717) is 13.0 Å². The quantitative estimate of drug-likeness (QED) is 0.684. The summed E-state index contributed by atoms with van der Waals surface area (Å²) in [6.45, 7) is 1.92. The molecule has 1 saturated heterocycles. The largest absolute Gasteiger partial charge is 0.480 e. The first-order valence-corrected chi connectivity index (χ1v) is 5.30. The van der Waals surface area contributed by atoms with Gasteiger partial charge in [0.05, 0.1) is 6.54 Å². The van der Waals surface area contributed by atoms with E-state index in [1.165, 1.54) is 11.8 Å². The Labute approximate surface area is 93.6 Å². The molecule has 1 aliphatic heterocycles. The number of rotatable bonds is 4. The van der Waals surface area contributed by atoms with Crippen LogP contribution in [0.5, 0.6) is 0 Å². The zero-order valence-corrected chi connectivity index (χ0v) is 9.23. The highest BCUT2D eigenvalue weighted by atomic mass is 16.4. The zero-order chi connectivity index (χ0) is 12.1. The lowest BCUT2D eigenvalue weighted by Crippen LogP contribution is -2.46. The van der Waals surface area contributed by atoms with Crippen molar-refractivity contribution in [2.45, 2.75) is 32.2 Å². The van der Waals surface area contributed by atoms with E-state index < -0.39 is 17.9 Å². The van der Waals surface area contributed by atoms with Crippen molar-refractivity contribution in [1.82, 2.24) is 10.2 Å². The zero-order valence-electron chi connectivity index (χ0n) is 9.23. The summed E-state index contributed by atoms with van der Waals surface area (Å²) in [5.74, 6) is -1.55. The van der Waals surface area contributed by atoms with E-state index in [4.69, 9.17) is 5.11 Å². The molecule has 2 amide bonds. The van der Waals surface area contributed by atoms with Crippen LogP contribution in [0.4, 0.5) is 0 Å². The SMILES string of the molecule is CC(NC(=O)CN1CCCCC1=O)C(=O)O. The van der Waals surface area contributed by atoms with Gasteiger partial charge in [-0.25, -0.2) is 0 Å². The number of likely N-dealkylation sites (tertiary alicyclic amines) is 1. The maximum atomic E-state index is 11.4. The Morgan fingerprint density at radius 2 is 2.19 bits per heavy atom. The summed E-state index contributed by atoms with van der Waals surface area (Å²) in [5.41, 5.74) is 0. The number of hydrogen-bond donors (Lipinski definition) is 2. The number of hydrogen-bond acceptors (Lipinski definition) is 3. The second-order valence-corrected chi connectivity index (χ2v) is 3.90. The maximum Gasteiger partial charge on any atom is 0.325 e. The van der Waals surface area contributed by atoms with Crippen LogP contribution in [0, 0.1) is 0 Å². The fraction of sp³-hybridized carbons (Fsp3) is 0.700. The minimum absolute atomic E-state index is 0.0376. The van der Waals surface area contributed by atoms with Crippen molar-refractivity contribution in [2.24, 2.45) is 0 Å². The molecule has 1 fully saturated rings. The Hall–Kier alpha value is -1.59. The van der Waals surface area contributed by atoms with Crippen LogP contribution in [0.15, 0.2) is 0 Å². The first-order chi connectivity index (χ1) is 7.50. The highest BCUT2D eigenvalue weighted by Gasteiger charge is 2.22. The fourth-order valence-corrected chi connectivity index (χ4v) is 1.55. The smallest absolute Gasteiger partial charge is 0.325 e. The topological polar surface area (TPSA) is 86.7 Å². The van der Waals surface area contributed by atoms with Gasteiger partial charge in [-0.3, -0.25) is 14.4 Å². The minimum atomic E-state index is -1.08. The Balaban J connectivity index is 2.38. The second kappa shape index (κ2) is 5.48. The molecule has 2 N–H and O–H groups in total. The molecule has 16 heavy (non-hydrogen) atoms. The van der Waals surface area contributed by atoms with Gasteiger partial charge in [0.15, 0.2) is 0 Å². The van der Waals surface area contributed by atoms with Crippen molar-refractivity contribution in [1.29, 1.82) is 0 Å². The first kappa shape index (κ1) is 12.5. The number of carboxylic acids is 1. The van der Waals surface area contributed by atoms with E-state index in [0.717, 1.165) is 12.8 Å². The third-order valence-corrected chi connectivity index (χ3v) is 2.50. The third kappa shape index (κ3) is 3.52. The molecule has 1 aliphatic rings. The number of carbonyl (C=O) groups is 3. The van der Waals surface area contributed by atoms with Crippen LogP contribution in [0.25, 0.3) is 0 Å². The molecule has 0 saturated carbocycles. The number of amides is 2. The molecule has 0 radical (unpaired) electrons. The maximum absolute atomic E-state index is 11.4. The van der Waals surface area contributed by atoms with Crippen molar-refractivity contribution in [3.63, 3.8) is 0 Å². The van der Waals surface area contributed by atoms with Gasteiger partial charge >= 0.3 is 5.97 Å². The van der Waals surface area contributed by atoms with Gasteiger partial charge in [0, 0.05) is 13.0 Å². The fourth-order valence-electron chi connectivity index (χ4n) is 1.55. The van der Waals surface area contributed by atoms with E-state index in [9.17, 15) is 14.4 Å². The van der Waals surface area contributed by atoms with Crippen molar-refractivity contribution in [2.75, 3.05) is 13.1 Å². The van der Waals surface area contributed by atoms with Gasteiger partial charge in [0.25, 0.3) is 0 Å². The highest BCUT2D eigenvalue weighted by molar-refractivity contribution is 5.87. The molecule has 0 aliphatic carbocycles. The van der Waals surface area contributed by atoms with Crippen LogP contribution in [0.2, 0.25) is 0 Å². The Morgan fingerprint density at radius 1 is 1.50 bits per heavy atom. The normalized spacial score (nSPS) is 18.1. The van der Waals surface area contributed by atoms with Gasteiger partial charge in [-0.15, -0.1) is 0 Å². The van der Waals surface area contributed by atoms with Gasteiger partial charge in [-0.2, -0.15) is 0 Å². The molecule has 1 rings (SSSR count). The molecule has 0 bridgehead atoms. The van der Waals surface area contributed by atoms with Gasteiger partial charge in [-0.1, -0.05) is 0 Å². The summed E-state index contributed by atoms with van der Waals surface area (Å²) in [5, 5.41) is 10.9. The minimum Gasteiger partial charge on any atom is -0.480 e. The Kier molecular flexibility index (Phi) is 4.28. The van der Waals surface area contributed by atoms with Crippen LogP contribution in [0.1, 0.15) is 26.2 Å². The number of aliphatic carboxylic acids is 1. The van der Waals surface area contributed by atoms with Crippen LogP contribution in [-0.4, -0.2) is 46.9 Å². The van der Waals surface area contributed by atoms with Gasteiger partial charge < -0.3 is 15.3 Å². The Bertz CT molecular complexity index is 303. The van der Waals surface area contributed by atoms with Gasteiger partial charge in [0.1, 0.15) is 6.04 Å². The summed E-state index contributed by atoms with van der Waals surface area (Å²) in [4.78, 5) is 34.7. The third-order valence-electron chi connectivity index (χ3n) is 2.50. The lowest BCUT2D eigenvalue weighted by molar-refractivity contribution is -0.142.